The molecule has 0 spiro atoms. The number of anilines is 1. The van der Waals surface area contributed by atoms with Gasteiger partial charge in [-0.25, -0.2) is 4.98 Å². The average molecular weight is 358 g/mol. The summed E-state index contributed by atoms with van der Waals surface area (Å²) >= 11 is 0. The molecular weight excluding hydrogens is 340 g/mol. The Morgan fingerprint density at radius 2 is 2.04 bits per heavy atom. The SMILES string of the molecule is Cc1nn(C)c2nc(-c3ccco3)cc(C(=O)N3CCc4ccccc43)c12. The first-order valence-corrected chi connectivity index (χ1v) is 8.91. The Labute approximate surface area is 156 Å². The third kappa shape index (κ3) is 2.37. The average Bonchev–Trinajstić information content (AvgIpc) is 3.40. The van der Waals surface area contributed by atoms with Gasteiger partial charge in [0.25, 0.3) is 5.91 Å². The van der Waals surface area contributed by atoms with Crippen molar-refractivity contribution in [3.8, 4) is 11.5 Å². The van der Waals surface area contributed by atoms with Crippen molar-refractivity contribution in [2.45, 2.75) is 13.3 Å². The standard InChI is InChI=1S/C21H18N4O2/c1-13-19-15(21(26)25-10-9-14-6-3-4-7-17(14)25)12-16(18-8-5-11-27-18)22-20(19)24(2)23-13/h3-8,11-12H,9-10H2,1-2H3. The second kappa shape index (κ2) is 5.81. The van der Waals surface area contributed by atoms with Crippen LogP contribution in [0.2, 0.25) is 0 Å². The van der Waals surface area contributed by atoms with Gasteiger partial charge in [-0.3, -0.25) is 9.48 Å². The zero-order valence-corrected chi connectivity index (χ0v) is 15.1. The van der Waals surface area contributed by atoms with Gasteiger partial charge in [0, 0.05) is 19.3 Å². The fraction of sp³-hybridized carbons (Fsp3) is 0.190. The van der Waals surface area contributed by atoms with E-state index in [4.69, 9.17) is 4.42 Å². The maximum atomic E-state index is 13.5. The second-order valence-corrected chi connectivity index (χ2v) is 6.78. The quantitative estimate of drug-likeness (QED) is 0.548. The van der Waals surface area contributed by atoms with Crippen molar-refractivity contribution < 1.29 is 9.21 Å². The van der Waals surface area contributed by atoms with E-state index in [2.05, 4.69) is 16.1 Å². The van der Waals surface area contributed by atoms with Crippen LogP contribution in [0, 0.1) is 6.92 Å². The van der Waals surface area contributed by atoms with Gasteiger partial charge in [-0.15, -0.1) is 0 Å². The smallest absolute Gasteiger partial charge is 0.259 e. The van der Waals surface area contributed by atoms with Crippen LogP contribution < -0.4 is 4.90 Å². The molecule has 0 radical (unpaired) electrons. The highest BCUT2D eigenvalue weighted by Gasteiger charge is 2.28. The van der Waals surface area contributed by atoms with Gasteiger partial charge in [0.15, 0.2) is 11.4 Å². The number of nitrogens with zero attached hydrogens (tertiary/aromatic N) is 4. The largest absolute Gasteiger partial charge is 0.463 e. The van der Waals surface area contributed by atoms with Crippen molar-refractivity contribution >= 4 is 22.6 Å². The Morgan fingerprint density at radius 1 is 1.19 bits per heavy atom. The van der Waals surface area contributed by atoms with Crippen molar-refractivity contribution in [2.24, 2.45) is 7.05 Å². The topological polar surface area (TPSA) is 64.2 Å². The molecule has 0 fully saturated rings. The summed E-state index contributed by atoms with van der Waals surface area (Å²) in [6.07, 6.45) is 2.47. The van der Waals surface area contributed by atoms with Crippen LogP contribution in [-0.2, 0) is 13.5 Å². The van der Waals surface area contributed by atoms with Gasteiger partial charge >= 0.3 is 0 Å². The van der Waals surface area contributed by atoms with Gasteiger partial charge in [-0.2, -0.15) is 5.10 Å². The number of aryl methyl sites for hydroxylation is 2. The molecular formula is C21H18N4O2. The molecule has 1 aromatic carbocycles. The van der Waals surface area contributed by atoms with Crippen molar-refractivity contribution in [3.63, 3.8) is 0 Å². The first-order valence-electron chi connectivity index (χ1n) is 8.91. The molecule has 134 valence electrons. The Kier molecular flexibility index (Phi) is 3.40. The van der Waals surface area contributed by atoms with E-state index in [1.165, 1.54) is 5.56 Å². The lowest BCUT2D eigenvalue weighted by Gasteiger charge is -2.18. The number of furan rings is 1. The molecule has 0 aliphatic carbocycles. The molecule has 6 nitrogen and oxygen atoms in total. The highest BCUT2D eigenvalue weighted by molar-refractivity contribution is 6.15. The molecule has 1 amide bonds. The molecule has 6 heteroatoms. The van der Waals surface area contributed by atoms with E-state index < -0.39 is 0 Å². The Balaban J connectivity index is 1.71. The number of hydrogen-bond donors (Lipinski definition) is 0. The van der Waals surface area contributed by atoms with Gasteiger partial charge in [0.1, 0.15) is 5.69 Å². The predicted octanol–water partition coefficient (Wildman–Crippen LogP) is 3.74. The Bertz CT molecular complexity index is 1170. The summed E-state index contributed by atoms with van der Waals surface area (Å²) in [5, 5.41) is 5.27. The second-order valence-electron chi connectivity index (χ2n) is 6.78. The molecule has 0 N–H and O–H groups in total. The minimum atomic E-state index is -0.0312. The first-order chi connectivity index (χ1) is 13.1. The van der Waals surface area contributed by atoms with Crippen LogP contribution in [0.5, 0.6) is 0 Å². The van der Waals surface area contributed by atoms with Crippen LogP contribution >= 0.6 is 0 Å². The fourth-order valence-corrected chi connectivity index (χ4v) is 3.86. The number of pyridine rings is 1. The molecule has 5 rings (SSSR count). The summed E-state index contributed by atoms with van der Waals surface area (Å²) in [4.78, 5) is 20.1. The minimum absolute atomic E-state index is 0.0312. The van der Waals surface area contributed by atoms with Crippen LogP contribution in [0.4, 0.5) is 5.69 Å². The lowest BCUT2D eigenvalue weighted by atomic mass is 10.1. The van der Waals surface area contributed by atoms with Crippen molar-refractivity contribution in [1.29, 1.82) is 0 Å². The molecule has 0 atom stereocenters. The van der Waals surface area contributed by atoms with E-state index in [0.717, 1.165) is 23.2 Å². The number of rotatable bonds is 2. The monoisotopic (exact) mass is 358 g/mol. The molecule has 3 aromatic heterocycles. The summed E-state index contributed by atoms with van der Waals surface area (Å²) in [6.45, 7) is 2.59. The molecule has 0 saturated carbocycles. The Morgan fingerprint density at radius 3 is 2.85 bits per heavy atom. The molecule has 0 bridgehead atoms. The third-order valence-electron chi connectivity index (χ3n) is 5.11. The number of fused-ring (bicyclic) bond motifs is 2. The van der Waals surface area contributed by atoms with Crippen molar-refractivity contribution in [2.75, 3.05) is 11.4 Å². The molecule has 27 heavy (non-hydrogen) atoms. The van der Waals surface area contributed by atoms with Crippen molar-refractivity contribution in [3.05, 3.63) is 65.5 Å². The van der Waals surface area contributed by atoms with Gasteiger partial charge in [-0.05, 0) is 43.2 Å². The van der Waals surface area contributed by atoms with Crippen LogP contribution in [0.25, 0.3) is 22.5 Å². The molecule has 4 heterocycles. The lowest BCUT2D eigenvalue weighted by molar-refractivity contribution is 0.0991. The molecule has 0 unspecified atom stereocenters. The van der Waals surface area contributed by atoms with Gasteiger partial charge < -0.3 is 9.32 Å². The molecule has 1 aliphatic heterocycles. The van der Waals surface area contributed by atoms with E-state index in [0.29, 0.717) is 29.2 Å². The highest BCUT2D eigenvalue weighted by Crippen LogP contribution is 2.32. The summed E-state index contributed by atoms with van der Waals surface area (Å²) < 4.78 is 7.23. The lowest BCUT2D eigenvalue weighted by Crippen LogP contribution is -2.29. The number of aromatic nitrogens is 3. The minimum Gasteiger partial charge on any atom is -0.463 e. The number of amides is 1. The fourth-order valence-electron chi connectivity index (χ4n) is 3.86. The first kappa shape index (κ1) is 15.8. The summed E-state index contributed by atoms with van der Waals surface area (Å²) in [5.41, 5.74) is 4.89. The zero-order valence-electron chi connectivity index (χ0n) is 15.1. The summed E-state index contributed by atoms with van der Waals surface area (Å²) in [7, 11) is 1.84. The van der Waals surface area contributed by atoms with Crippen LogP contribution in [-0.4, -0.2) is 27.2 Å². The van der Waals surface area contributed by atoms with E-state index in [-0.39, 0.29) is 5.91 Å². The van der Waals surface area contributed by atoms with E-state index >= 15 is 0 Å². The number of para-hydroxylation sites is 1. The third-order valence-corrected chi connectivity index (χ3v) is 5.11. The number of carbonyl (C=O) groups excluding carboxylic acids is 1. The predicted molar refractivity (Wildman–Crippen MR) is 103 cm³/mol. The number of carbonyl (C=O) groups is 1. The van der Waals surface area contributed by atoms with Gasteiger partial charge in [0.2, 0.25) is 0 Å². The maximum absolute atomic E-state index is 13.5. The van der Waals surface area contributed by atoms with Crippen LogP contribution in [0.3, 0.4) is 0 Å². The number of hydrogen-bond acceptors (Lipinski definition) is 4. The van der Waals surface area contributed by atoms with Crippen molar-refractivity contribution in [1.82, 2.24) is 14.8 Å². The summed E-state index contributed by atoms with van der Waals surface area (Å²) in [5.74, 6) is 0.600. The van der Waals surface area contributed by atoms with E-state index in [1.807, 2.05) is 55.3 Å². The van der Waals surface area contributed by atoms with E-state index in [9.17, 15) is 4.79 Å². The summed E-state index contributed by atoms with van der Waals surface area (Å²) in [6, 6.07) is 13.5. The molecule has 0 saturated heterocycles. The molecule has 1 aliphatic rings. The van der Waals surface area contributed by atoms with Gasteiger partial charge in [-0.1, -0.05) is 18.2 Å². The highest BCUT2D eigenvalue weighted by atomic mass is 16.3. The molecule has 4 aromatic rings. The van der Waals surface area contributed by atoms with Crippen LogP contribution in [0.1, 0.15) is 21.6 Å². The normalized spacial score (nSPS) is 13.3. The number of benzene rings is 1. The maximum Gasteiger partial charge on any atom is 0.259 e. The Hall–Kier alpha value is -3.41. The van der Waals surface area contributed by atoms with Crippen LogP contribution in [0.15, 0.2) is 53.1 Å². The zero-order chi connectivity index (χ0) is 18.5. The van der Waals surface area contributed by atoms with E-state index in [1.54, 1.807) is 10.9 Å². The van der Waals surface area contributed by atoms with Gasteiger partial charge in [0.05, 0.1) is 22.9 Å².